The third-order valence-electron chi connectivity index (χ3n) is 4.57. The maximum absolute atomic E-state index is 13.4. The average molecular weight is 411 g/mol. The summed E-state index contributed by atoms with van der Waals surface area (Å²) in [6.45, 7) is 0.815. The molecule has 0 aliphatic carbocycles. The maximum atomic E-state index is 13.4. The third kappa shape index (κ3) is 3.24. The van der Waals surface area contributed by atoms with Gasteiger partial charge in [0.25, 0.3) is 0 Å². The van der Waals surface area contributed by atoms with Crippen molar-refractivity contribution in [1.29, 1.82) is 0 Å². The average Bonchev–Trinajstić information content (AvgIpc) is 3.08. The van der Waals surface area contributed by atoms with Gasteiger partial charge in [0.1, 0.15) is 5.82 Å². The summed E-state index contributed by atoms with van der Waals surface area (Å²) in [5, 5.41) is 0.772. The van der Waals surface area contributed by atoms with Crippen LogP contribution < -0.4 is 0 Å². The Kier molecular flexibility index (Phi) is 4.73. The van der Waals surface area contributed by atoms with Crippen molar-refractivity contribution in [1.82, 2.24) is 9.29 Å². The molecule has 4 nitrogen and oxygen atoms in total. The van der Waals surface area contributed by atoms with Crippen LogP contribution in [-0.2, 0) is 10.0 Å². The molecule has 2 aromatic carbocycles. The van der Waals surface area contributed by atoms with E-state index in [1.165, 1.54) is 16.4 Å². The number of aromatic nitrogens is 1. The van der Waals surface area contributed by atoms with E-state index in [-0.39, 0.29) is 15.8 Å². The lowest BCUT2D eigenvalue weighted by Crippen LogP contribution is -2.39. The minimum absolute atomic E-state index is 0.0221. The number of nitrogens with zero attached hydrogens (tertiary/aromatic N) is 2. The molecule has 0 spiro atoms. The van der Waals surface area contributed by atoms with Crippen LogP contribution in [0.25, 0.3) is 10.2 Å². The zero-order valence-electron chi connectivity index (χ0n) is 13.7. The van der Waals surface area contributed by atoms with Crippen molar-refractivity contribution < 1.29 is 12.8 Å². The molecule has 0 bridgehead atoms. The number of rotatable bonds is 3. The smallest absolute Gasteiger partial charge is 0.241 e. The van der Waals surface area contributed by atoms with E-state index in [9.17, 15) is 12.8 Å². The predicted molar refractivity (Wildman–Crippen MR) is 102 cm³/mol. The van der Waals surface area contributed by atoms with Crippen LogP contribution in [0, 0.1) is 5.82 Å². The SMILES string of the molecule is O=S(=O)(c1ccc(F)c(Cl)c1)N1CCC[C@H](c2nc3ccccc3s2)C1. The number of thiazole rings is 1. The molecule has 0 saturated carbocycles. The minimum atomic E-state index is -3.71. The highest BCUT2D eigenvalue weighted by Crippen LogP contribution is 2.35. The number of sulfonamides is 1. The zero-order chi connectivity index (χ0) is 18.3. The van der Waals surface area contributed by atoms with Gasteiger partial charge in [0, 0.05) is 19.0 Å². The van der Waals surface area contributed by atoms with Crippen molar-refractivity contribution in [3.63, 3.8) is 0 Å². The topological polar surface area (TPSA) is 50.3 Å². The molecular weight excluding hydrogens is 395 g/mol. The quantitative estimate of drug-likeness (QED) is 0.631. The number of para-hydroxylation sites is 1. The lowest BCUT2D eigenvalue weighted by atomic mass is 10.0. The second kappa shape index (κ2) is 6.88. The summed E-state index contributed by atoms with van der Waals surface area (Å²) < 4.78 is 41.8. The fourth-order valence-electron chi connectivity index (χ4n) is 3.21. The molecule has 0 amide bonds. The number of hydrogen-bond donors (Lipinski definition) is 0. The van der Waals surface area contributed by atoms with Crippen molar-refractivity contribution in [2.75, 3.05) is 13.1 Å². The normalized spacial score (nSPS) is 19.1. The summed E-state index contributed by atoms with van der Waals surface area (Å²) in [5.74, 6) is -0.566. The van der Waals surface area contributed by atoms with Crippen molar-refractivity contribution in [2.24, 2.45) is 0 Å². The highest BCUT2D eigenvalue weighted by atomic mass is 35.5. The van der Waals surface area contributed by atoms with Gasteiger partial charge in [0.15, 0.2) is 0 Å². The zero-order valence-corrected chi connectivity index (χ0v) is 16.1. The fraction of sp³-hybridized carbons (Fsp3) is 0.278. The molecule has 4 rings (SSSR count). The largest absolute Gasteiger partial charge is 0.243 e. The Morgan fingerprint density at radius 2 is 2.04 bits per heavy atom. The van der Waals surface area contributed by atoms with Crippen molar-refractivity contribution in [3.8, 4) is 0 Å². The van der Waals surface area contributed by atoms with Crippen LogP contribution in [0.2, 0.25) is 5.02 Å². The van der Waals surface area contributed by atoms with E-state index < -0.39 is 15.8 Å². The van der Waals surface area contributed by atoms with E-state index in [1.807, 2.05) is 24.3 Å². The maximum Gasteiger partial charge on any atom is 0.243 e. The number of benzene rings is 2. The lowest BCUT2D eigenvalue weighted by molar-refractivity contribution is 0.315. The van der Waals surface area contributed by atoms with E-state index >= 15 is 0 Å². The van der Waals surface area contributed by atoms with E-state index in [0.717, 1.165) is 34.1 Å². The minimum Gasteiger partial charge on any atom is -0.241 e. The summed E-state index contributed by atoms with van der Waals surface area (Å²) >= 11 is 7.38. The van der Waals surface area contributed by atoms with Crippen LogP contribution in [0.5, 0.6) is 0 Å². The Labute approximate surface area is 160 Å². The molecule has 1 atom stereocenters. The molecule has 8 heteroatoms. The molecule has 1 fully saturated rings. The third-order valence-corrected chi connectivity index (χ3v) is 7.92. The molecule has 1 aliphatic rings. The highest BCUT2D eigenvalue weighted by Gasteiger charge is 2.32. The molecule has 2 heterocycles. The van der Waals surface area contributed by atoms with Crippen LogP contribution in [0.3, 0.4) is 0 Å². The number of fused-ring (bicyclic) bond motifs is 1. The standard InChI is InChI=1S/C18H16ClFN2O2S2/c19-14-10-13(7-8-15(14)20)26(23,24)22-9-3-4-12(11-22)18-21-16-5-1-2-6-17(16)25-18/h1-2,5-8,10,12H,3-4,9,11H2/t12-/m0/s1. The molecule has 0 radical (unpaired) electrons. The van der Waals surface area contributed by atoms with Crippen LogP contribution in [0.15, 0.2) is 47.4 Å². The van der Waals surface area contributed by atoms with Gasteiger partial charge in [-0.2, -0.15) is 4.31 Å². The van der Waals surface area contributed by atoms with Gasteiger partial charge >= 0.3 is 0 Å². The Hall–Kier alpha value is -1.54. The van der Waals surface area contributed by atoms with Crippen LogP contribution in [0.1, 0.15) is 23.8 Å². The Morgan fingerprint density at radius 1 is 1.23 bits per heavy atom. The van der Waals surface area contributed by atoms with Gasteiger partial charge in [-0.3, -0.25) is 0 Å². The first-order valence-electron chi connectivity index (χ1n) is 8.26. The van der Waals surface area contributed by atoms with Crippen molar-refractivity contribution in [2.45, 2.75) is 23.7 Å². The van der Waals surface area contributed by atoms with E-state index in [2.05, 4.69) is 4.98 Å². The van der Waals surface area contributed by atoms with Gasteiger partial charge < -0.3 is 0 Å². The first kappa shape index (κ1) is 17.9. The molecule has 3 aromatic rings. The van der Waals surface area contributed by atoms with E-state index in [4.69, 9.17) is 11.6 Å². The van der Waals surface area contributed by atoms with Crippen LogP contribution >= 0.6 is 22.9 Å². The first-order chi connectivity index (χ1) is 12.4. The molecule has 1 saturated heterocycles. The van der Waals surface area contributed by atoms with Crippen molar-refractivity contribution >= 4 is 43.2 Å². The molecule has 0 N–H and O–H groups in total. The molecule has 0 unspecified atom stereocenters. The first-order valence-corrected chi connectivity index (χ1v) is 10.9. The lowest BCUT2D eigenvalue weighted by Gasteiger charge is -2.31. The Bertz CT molecular complexity index is 1030. The van der Waals surface area contributed by atoms with Gasteiger partial charge in [-0.25, -0.2) is 17.8 Å². The second-order valence-electron chi connectivity index (χ2n) is 6.30. The van der Waals surface area contributed by atoms with Gasteiger partial charge in [0.2, 0.25) is 10.0 Å². The molecule has 1 aromatic heterocycles. The van der Waals surface area contributed by atoms with E-state index in [0.29, 0.717) is 13.1 Å². The molecule has 136 valence electrons. The monoisotopic (exact) mass is 410 g/mol. The van der Waals surface area contributed by atoms with Crippen LogP contribution in [0.4, 0.5) is 4.39 Å². The second-order valence-corrected chi connectivity index (χ2v) is 9.71. The summed E-state index contributed by atoms with van der Waals surface area (Å²) in [4.78, 5) is 4.70. The summed E-state index contributed by atoms with van der Waals surface area (Å²) in [6.07, 6.45) is 1.66. The highest BCUT2D eigenvalue weighted by molar-refractivity contribution is 7.89. The van der Waals surface area contributed by atoms with Crippen LogP contribution in [-0.4, -0.2) is 30.8 Å². The van der Waals surface area contributed by atoms with Crippen molar-refractivity contribution in [3.05, 3.63) is 58.3 Å². The van der Waals surface area contributed by atoms with E-state index in [1.54, 1.807) is 11.3 Å². The van der Waals surface area contributed by atoms with Gasteiger partial charge in [-0.05, 0) is 43.2 Å². The fourth-order valence-corrected chi connectivity index (χ4v) is 6.10. The summed E-state index contributed by atoms with van der Waals surface area (Å²) in [5.41, 5.74) is 0.942. The molecule has 26 heavy (non-hydrogen) atoms. The van der Waals surface area contributed by atoms with Gasteiger partial charge in [-0.1, -0.05) is 23.7 Å². The molecule has 1 aliphatic heterocycles. The number of halogens is 2. The Morgan fingerprint density at radius 3 is 2.81 bits per heavy atom. The number of hydrogen-bond acceptors (Lipinski definition) is 4. The van der Waals surface area contributed by atoms with Gasteiger partial charge in [0.05, 0.1) is 25.1 Å². The summed E-state index contributed by atoms with van der Waals surface area (Å²) in [7, 11) is -3.71. The Balaban J connectivity index is 1.62. The predicted octanol–water partition coefficient (Wildman–Crippen LogP) is 4.66. The summed E-state index contributed by atoms with van der Waals surface area (Å²) in [6, 6.07) is 11.4. The number of piperidine rings is 1. The van der Waals surface area contributed by atoms with Gasteiger partial charge in [-0.15, -0.1) is 11.3 Å². The molecular formula is C18H16ClFN2O2S2.